The monoisotopic (exact) mass is 329 g/mol. The molecular weight excluding hydrogens is 317 g/mol. The van der Waals surface area contributed by atoms with Crippen molar-refractivity contribution in [1.29, 1.82) is 0 Å². The summed E-state index contributed by atoms with van der Waals surface area (Å²) in [5.74, 6) is 0. The van der Waals surface area contributed by atoms with Gasteiger partial charge in [0.05, 0.1) is 10.6 Å². The van der Waals surface area contributed by atoms with Crippen LogP contribution in [0.3, 0.4) is 0 Å². The first-order valence-electron chi connectivity index (χ1n) is 5.85. The lowest BCUT2D eigenvalue weighted by Crippen LogP contribution is -2.13. The largest absolute Gasteiger partial charge is 0.280 e. The lowest BCUT2D eigenvalue weighted by Gasteiger charge is -2.10. The van der Waals surface area contributed by atoms with Crippen molar-refractivity contribution >= 4 is 38.9 Å². The van der Waals surface area contributed by atoms with E-state index in [1.807, 2.05) is 6.92 Å². The van der Waals surface area contributed by atoms with Gasteiger partial charge in [-0.25, -0.2) is 8.42 Å². The zero-order valence-corrected chi connectivity index (χ0v) is 13.3. The van der Waals surface area contributed by atoms with Gasteiger partial charge >= 0.3 is 0 Å². The third-order valence-corrected chi connectivity index (χ3v) is 5.07. The van der Waals surface area contributed by atoms with Gasteiger partial charge in [0.15, 0.2) is 0 Å². The number of sulfonamides is 1. The second-order valence-electron chi connectivity index (χ2n) is 4.48. The van der Waals surface area contributed by atoms with E-state index in [0.29, 0.717) is 21.3 Å². The maximum atomic E-state index is 12.3. The fraction of sp³-hybridized carbons (Fsp3) is 0.143. The quantitative estimate of drug-likeness (QED) is 0.906. The van der Waals surface area contributed by atoms with E-state index in [4.69, 9.17) is 23.2 Å². The Hall–Kier alpha value is -1.23. The van der Waals surface area contributed by atoms with Gasteiger partial charge < -0.3 is 0 Å². The first kappa shape index (κ1) is 15.2. The molecule has 0 spiro atoms. The molecule has 0 saturated heterocycles. The van der Waals surface area contributed by atoms with Crippen LogP contribution in [-0.2, 0) is 10.0 Å². The topological polar surface area (TPSA) is 46.2 Å². The molecule has 3 nitrogen and oxygen atoms in total. The van der Waals surface area contributed by atoms with Crippen molar-refractivity contribution in [2.45, 2.75) is 18.7 Å². The number of halogens is 2. The van der Waals surface area contributed by atoms with Crippen LogP contribution in [0.5, 0.6) is 0 Å². The number of hydrogen-bond donors (Lipinski definition) is 1. The maximum Gasteiger partial charge on any atom is 0.261 e. The number of benzene rings is 2. The standard InChI is InChI=1S/C14H13Cl2NO2S/c1-9-3-4-11(8-14(9)16)17-20(18,19)12-5-6-13(15)10(2)7-12/h3-8,17H,1-2H3. The highest BCUT2D eigenvalue weighted by Gasteiger charge is 2.15. The zero-order chi connectivity index (χ0) is 14.9. The molecule has 2 aromatic rings. The molecule has 0 heterocycles. The van der Waals surface area contributed by atoms with Crippen molar-refractivity contribution in [1.82, 2.24) is 0 Å². The number of rotatable bonds is 3. The molecule has 0 amide bonds. The van der Waals surface area contributed by atoms with Crippen LogP contribution in [0, 0.1) is 13.8 Å². The second kappa shape index (κ2) is 5.64. The Balaban J connectivity index is 2.35. The smallest absolute Gasteiger partial charge is 0.261 e. The summed E-state index contributed by atoms with van der Waals surface area (Å²) in [7, 11) is -3.65. The van der Waals surface area contributed by atoms with E-state index in [9.17, 15) is 8.42 Å². The lowest BCUT2D eigenvalue weighted by atomic mass is 10.2. The van der Waals surface area contributed by atoms with Crippen molar-refractivity contribution in [3.63, 3.8) is 0 Å². The number of anilines is 1. The summed E-state index contributed by atoms with van der Waals surface area (Å²) in [4.78, 5) is 0.163. The first-order chi connectivity index (χ1) is 9.29. The van der Waals surface area contributed by atoms with E-state index in [2.05, 4.69) is 4.72 Å². The predicted molar refractivity (Wildman–Crippen MR) is 83.2 cm³/mol. The van der Waals surface area contributed by atoms with Crippen LogP contribution >= 0.6 is 23.2 Å². The van der Waals surface area contributed by atoms with Crippen molar-refractivity contribution in [3.8, 4) is 0 Å². The van der Waals surface area contributed by atoms with E-state index in [0.717, 1.165) is 5.56 Å². The van der Waals surface area contributed by atoms with Gasteiger partial charge in [0.1, 0.15) is 0 Å². The van der Waals surface area contributed by atoms with E-state index < -0.39 is 10.0 Å². The molecule has 0 bridgehead atoms. The average molecular weight is 330 g/mol. The SMILES string of the molecule is Cc1cc(S(=O)(=O)Nc2ccc(C)c(Cl)c2)ccc1Cl. The second-order valence-corrected chi connectivity index (χ2v) is 6.98. The van der Waals surface area contributed by atoms with Crippen molar-refractivity contribution in [2.75, 3.05) is 4.72 Å². The molecule has 0 unspecified atom stereocenters. The van der Waals surface area contributed by atoms with Gasteiger partial charge in [-0.1, -0.05) is 29.3 Å². The third-order valence-electron chi connectivity index (χ3n) is 2.86. The van der Waals surface area contributed by atoms with E-state index in [-0.39, 0.29) is 4.90 Å². The molecule has 0 fully saturated rings. The van der Waals surface area contributed by atoms with Gasteiger partial charge in [-0.05, 0) is 55.3 Å². The van der Waals surface area contributed by atoms with Crippen molar-refractivity contribution in [3.05, 3.63) is 57.6 Å². The highest BCUT2D eigenvalue weighted by Crippen LogP contribution is 2.24. The Morgan fingerprint density at radius 3 is 2.20 bits per heavy atom. The van der Waals surface area contributed by atoms with E-state index in [1.165, 1.54) is 12.1 Å². The summed E-state index contributed by atoms with van der Waals surface area (Å²) in [6.07, 6.45) is 0. The number of hydrogen-bond acceptors (Lipinski definition) is 2. The Labute approximate surface area is 128 Å². The van der Waals surface area contributed by atoms with Gasteiger partial charge in [0, 0.05) is 10.0 Å². The van der Waals surface area contributed by atoms with E-state index >= 15 is 0 Å². The lowest BCUT2D eigenvalue weighted by molar-refractivity contribution is 0.601. The minimum Gasteiger partial charge on any atom is -0.280 e. The Morgan fingerprint density at radius 2 is 1.60 bits per heavy atom. The Bertz CT molecular complexity index is 758. The van der Waals surface area contributed by atoms with E-state index in [1.54, 1.807) is 31.2 Å². The maximum absolute atomic E-state index is 12.3. The minimum absolute atomic E-state index is 0.163. The molecule has 0 atom stereocenters. The Morgan fingerprint density at radius 1 is 0.900 bits per heavy atom. The highest BCUT2D eigenvalue weighted by molar-refractivity contribution is 7.92. The van der Waals surface area contributed by atoms with Crippen LogP contribution in [0.15, 0.2) is 41.3 Å². The van der Waals surface area contributed by atoms with Crippen LogP contribution in [0.25, 0.3) is 0 Å². The molecule has 2 aromatic carbocycles. The first-order valence-corrected chi connectivity index (χ1v) is 8.08. The van der Waals surface area contributed by atoms with Gasteiger partial charge in [0.25, 0.3) is 10.0 Å². The van der Waals surface area contributed by atoms with Crippen LogP contribution in [-0.4, -0.2) is 8.42 Å². The number of aryl methyl sites for hydroxylation is 2. The molecule has 0 saturated carbocycles. The fourth-order valence-electron chi connectivity index (χ4n) is 1.65. The molecule has 0 radical (unpaired) electrons. The fourth-order valence-corrected chi connectivity index (χ4v) is 3.09. The van der Waals surface area contributed by atoms with Crippen molar-refractivity contribution < 1.29 is 8.42 Å². The summed E-state index contributed by atoms with van der Waals surface area (Å²) in [6.45, 7) is 3.60. The molecular formula is C14H13Cl2NO2S. The minimum atomic E-state index is -3.65. The summed E-state index contributed by atoms with van der Waals surface area (Å²) >= 11 is 11.9. The van der Waals surface area contributed by atoms with Crippen LogP contribution in [0.2, 0.25) is 10.0 Å². The molecule has 0 aliphatic heterocycles. The summed E-state index contributed by atoms with van der Waals surface area (Å²) in [5.41, 5.74) is 2.02. The number of nitrogens with one attached hydrogen (secondary N) is 1. The zero-order valence-electron chi connectivity index (χ0n) is 10.9. The molecule has 1 N–H and O–H groups in total. The van der Waals surface area contributed by atoms with Gasteiger partial charge in [-0.15, -0.1) is 0 Å². The molecule has 0 aliphatic carbocycles. The summed E-state index contributed by atoms with van der Waals surface area (Å²) < 4.78 is 27.0. The summed E-state index contributed by atoms with van der Waals surface area (Å²) in [5, 5.41) is 1.04. The third kappa shape index (κ3) is 3.26. The van der Waals surface area contributed by atoms with Crippen LogP contribution in [0.1, 0.15) is 11.1 Å². The van der Waals surface area contributed by atoms with Crippen LogP contribution in [0.4, 0.5) is 5.69 Å². The van der Waals surface area contributed by atoms with Gasteiger partial charge in [-0.2, -0.15) is 0 Å². The Kier molecular flexibility index (Phi) is 4.28. The normalized spacial score (nSPS) is 11.4. The predicted octanol–water partition coefficient (Wildman–Crippen LogP) is 4.41. The molecule has 106 valence electrons. The molecule has 0 aliphatic rings. The summed E-state index contributed by atoms with van der Waals surface area (Å²) in [6, 6.07) is 9.56. The molecule has 2 rings (SSSR count). The molecule has 20 heavy (non-hydrogen) atoms. The highest BCUT2D eigenvalue weighted by atomic mass is 35.5. The van der Waals surface area contributed by atoms with Crippen molar-refractivity contribution in [2.24, 2.45) is 0 Å². The van der Waals surface area contributed by atoms with Gasteiger partial charge in [0.2, 0.25) is 0 Å². The van der Waals surface area contributed by atoms with Gasteiger partial charge in [-0.3, -0.25) is 4.72 Å². The molecule has 0 aromatic heterocycles. The van der Waals surface area contributed by atoms with Crippen LogP contribution < -0.4 is 4.72 Å². The average Bonchev–Trinajstić information content (AvgIpc) is 2.37. The molecule has 6 heteroatoms.